The fourth-order valence-electron chi connectivity index (χ4n) is 1.17. The normalized spacial score (nSPS) is 28.2. The average Bonchev–Trinajstić information content (AvgIpc) is 2.65. The van der Waals surface area contributed by atoms with Crippen LogP contribution in [0.15, 0.2) is 4.99 Å². The van der Waals surface area contributed by atoms with Gasteiger partial charge in [-0.2, -0.15) is 0 Å². The molecule has 0 bridgehead atoms. The van der Waals surface area contributed by atoms with Crippen LogP contribution in [0.4, 0.5) is 0 Å². The third-order valence-corrected chi connectivity index (χ3v) is 2.99. The van der Waals surface area contributed by atoms with Crippen molar-refractivity contribution in [2.45, 2.75) is 11.7 Å². The third-order valence-electron chi connectivity index (χ3n) is 1.78. The Labute approximate surface area is 74.8 Å². The Bertz CT molecular complexity index is 229. The minimum atomic E-state index is -0.101. The molecule has 0 aromatic rings. The molecule has 2 rings (SSSR count). The van der Waals surface area contributed by atoms with E-state index in [4.69, 9.17) is 4.74 Å². The second-order valence-electron chi connectivity index (χ2n) is 2.68. The van der Waals surface area contributed by atoms with Crippen molar-refractivity contribution in [1.82, 2.24) is 5.32 Å². The lowest BCUT2D eigenvalue weighted by atomic mass is 10.4. The van der Waals surface area contributed by atoms with Crippen LogP contribution in [0.1, 0.15) is 6.42 Å². The molecule has 1 atom stereocenters. The average molecular weight is 186 g/mol. The van der Waals surface area contributed by atoms with Gasteiger partial charge in [0.05, 0.1) is 13.2 Å². The molecule has 1 unspecified atom stereocenters. The lowest BCUT2D eigenvalue weighted by Gasteiger charge is -2.04. The van der Waals surface area contributed by atoms with Crippen molar-refractivity contribution in [3.8, 4) is 0 Å². The zero-order valence-electron chi connectivity index (χ0n) is 6.58. The molecule has 0 aromatic carbocycles. The summed E-state index contributed by atoms with van der Waals surface area (Å²) in [7, 11) is 0. The number of carbonyl (C=O) groups excluding carboxylic acids is 1. The van der Waals surface area contributed by atoms with E-state index in [9.17, 15) is 4.79 Å². The molecule has 0 amide bonds. The van der Waals surface area contributed by atoms with Crippen LogP contribution in [0, 0.1) is 0 Å². The van der Waals surface area contributed by atoms with E-state index in [-0.39, 0.29) is 11.2 Å². The predicted octanol–water partition coefficient (Wildman–Crippen LogP) is -0.00570. The Morgan fingerprint density at radius 2 is 2.58 bits per heavy atom. The molecule has 2 heterocycles. The van der Waals surface area contributed by atoms with Crippen LogP contribution in [-0.2, 0) is 9.53 Å². The van der Waals surface area contributed by atoms with E-state index in [2.05, 4.69) is 10.3 Å². The van der Waals surface area contributed by atoms with Crippen molar-refractivity contribution in [3.63, 3.8) is 0 Å². The van der Waals surface area contributed by atoms with E-state index in [1.54, 1.807) is 0 Å². The minimum Gasteiger partial charge on any atom is -0.465 e. The first-order valence-electron chi connectivity index (χ1n) is 3.98. The summed E-state index contributed by atoms with van der Waals surface area (Å²) in [5.41, 5.74) is 0. The van der Waals surface area contributed by atoms with Crippen molar-refractivity contribution in [2.24, 2.45) is 4.99 Å². The van der Waals surface area contributed by atoms with E-state index in [0.29, 0.717) is 6.61 Å². The molecule has 0 saturated carbocycles. The van der Waals surface area contributed by atoms with Crippen molar-refractivity contribution < 1.29 is 9.53 Å². The van der Waals surface area contributed by atoms with E-state index in [1.165, 1.54) is 11.8 Å². The van der Waals surface area contributed by atoms with E-state index >= 15 is 0 Å². The Balaban J connectivity index is 1.89. The molecular formula is C7H10N2O2S. The number of nitrogens with one attached hydrogen (secondary N) is 1. The van der Waals surface area contributed by atoms with Crippen LogP contribution >= 0.6 is 11.8 Å². The lowest BCUT2D eigenvalue weighted by Crippen LogP contribution is -2.20. The molecule has 1 N–H and O–H groups in total. The third kappa shape index (κ3) is 1.55. The molecule has 0 spiro atoms. The first-order chi connectivity index (χ1) is 5.86. The number of cyclic esters (lactones) is 1. The molecular weight excluding hydrogens is 176 g/mol. The zero-order chi connectivity index (χ0) is 8.39. The highest BCUT2D eigenvalue weighted by molar-refractivity contribution is 8.14. The Morgan fingerprint density at radius 3 is 3.17 bits per heavy atom. The number of hydrogen-bond acceptors (Lipinski definition) is 5. The molecule has 5 heteroatoms. The molecule has 0 radical (unpaired) electrons. The molecule has 12 heavy (non-hydrogen) atoms. The van der Waals surface area contributed by atoms with Crippen LogP contribution in [0.2, 0.25) is 0 Å². The van der Waals surface area contributed by atoms with Gasteiger partial charge < -0.3 is 10.1 Å². The molecule has 4 nitrogen and oxygen atoms in total. The van der Waals surface area contributed by atoms with Crippen LogP contribution in [0.25, 0.3) is 0 Å². The van der Waals surface area contributed by atoms with E-state index in [0.717, 1.165) is 24.7 Å². The van der Waals surface area contributed by atoms with Crippen LogP contribution < -0.4 is 5.32 Å². The molecule has 2 aliphatic heterocycles. The number of aliphatic imine (C=N–C) groups is 1. The van der Waals surface area contributed by atoms with E-state index in [1.807, 2.05) is 0 Å². The van der Waals surface area contributed by atoms with Gasteiger partial charge in [-0.25, -0.2) is 0 Å². The van der Waals surface area contributed by atoms with Crippen LogP contribution in [0.5, 0.6) is 0 Å². The van der Waals surface area contributed by atoms with Crippen molar-refractivity contribution in [3.05, 3.63) is 0 Å². The second-order valence-corrected chi connectivity index (χ2v) is 3.87. The molecule has 0 aliphatic carbocycles. The summed E-state index contributed by atoms with van der Waals surface area (Å²) >= 11 is 1.49. The number of esters is 1. The summed E-state index contributed by atoms with van der Waals surface area (Å²) < 4.78 is 4.83. The minimum absolute atomic E-state index is 0.0330. The van der Waals surface area contributed by atoms with Gasteiger partial charge in [-0.3, -0.25) is 9.79 Å². The van der Waals surface area contributed by atoms with Gasteiger partial charge in [0.2, 0.25) is 0 Å². The van der Waals surface area contributed by atoms with Gasteiger partial charge in [-0.15, -0.1) is 0 Å². The molecule has 1 fully saturated rings. The molecule has 2 aliphatic rings. The number of nitrogens with zero attached hydrogens (tertiary/aromatic N) is 1. The Morgan fingerprint density at radius 1 is 1.67 bits per heavy atom. The van der Waals surface area contributed by atoms with Gasteiger partial charge in [0.25, 0.3) is 0 Å². The summed E-state index contributed by atoms with van der Waals surface area (Å²) in [4.78, 5) is 15.2. The monoisotopic (exact) mass is 186 g/mol. The molecule has 1 saturated heterocycles. The van der Waals surface area contributed by atoms with Gasteiger partial charge in [0.15, 0.2) is 5.17 Å². The summed E-state index contributed by atoms with van der Waals surface area (Å²) in [6.07, 6.45) is 0.810. The highest BCUT2D eigenvalue weighted by Gasteiger charge is 2.29. The van der Waals surface area contributed by atoms with Gasteiger partial charge in [-0.1, -0.05) is 11.8 Å². The largest absolute Gasteiger partial charge is 0.465 e. The number of thioether (sulfide) groups is 1. The molecule has 66 valence electrons. The number of rotatable bonds is 1. The SMILES string of the molecule is O=C1OCCC1SC1=NCCN1. The number of ether oxygens (including phenoxy) is 1. The second kappa shape index (κ2) is 3.35. The van der Waals surface area contributed by atoms with Gasteiger partial charge in [-0.05, 0) is 0 Å². The lowest BCUT2D eigenvalue weighted by molar-refractivity contribution is -0.137. The molecule has 0 aromatic heterocycles. The van der Waals surface area contributed by atoms with Gasteiger partial charge in [0, 0.05) is 13.0 Å². The zero-order valence-corrected chi connectivity index (χ0v) is 7.39. The first-order valence-corrected chi connectivity index (χ1v) is 4.86. The topological polar surface area (TPSA) is 50.7 Å². The van der Waals surface area contributed by atoms with E-state index < -0.39 is 0 Å². The summed E-state index contributed by atoms with van der Waals surface area (Å²) in [5, 5.41) is 3.96. The van der Waals surface area contributed by atoms with Crippen LogP contribution in [-0.4, -0.2) is 36.1 Å². The van der Waals surface area contributed by atoms with Gasteiger partial charge >= 0.3 is 5.97 Å². The Kier molecular flexibility index (Phi) is 2.21. The summed E-state index contributed by atoms with van der Waals surface area (Å²) in [6.45, 7) is 2.28. The predicted molar refractivity (Wildman–Crippen MR) is 47.3 cm³/mol. The smallest absolute Gasteiger partial charge is 0.319 e. The summed E-state index contributed by atoms with van der Waals surface area (Å²) in [6, 6.07) is 0. The maximum atomic E-state index is 11.0. The fraction of sp³-hybridized carbons (Fsp3) is 0.714. The fourth-order valence-corrected chi connectivity index (χ4v) is 2.17. The highest BCUT2D eigenvalue weighted by atomic mass is 32.2. The Hall–Kier alpha value is -0.710. The highest BCUT2D eigenvalue weighted by Crippen LogP contribution is 2.22. The maximum absolute atomic E-state index is 11.0. The summed E-state index contributed by atoms with van der Waals surface area (Å²) in [5.74, 6) is -0.101. The number of hydrogen-bond donors (Lipinski definition) is 1. The number of amidine groups is 1. The van der Waals surface area contributed by atoms with Gasteiger partial charge in [0.1, 0.15) is 5.25 Å². The maximum Gasteiger partial charge on any atom is 0.319 e. The van der Waals surface area contributed by atoms with Crippen LogP contribution in [0.3, 0.4) is 0 Å². The van der Waals surface area contributed by atoms with Crippen molar-refractivity contribution in [1.29, 1.82) is 0 Å². The number of carbonyl (C=O) groups is 1. The quantitative estimate of drug-likeness (QED) is 0.585. The standard InChI is InChI=1S/C7H10N2O2S/c10-6-5(1-4-11-6)12-7-8-2-3-9-7/h5H,1-4H2,(H,8,9). The van der Waals surface area contributed by atoms with Crippen molar-refractivity contribution in [2.75, 3.05) is 19.7 Å². The van der Waals surface area contributed by atoms with Crippen molar-refractivity contribution >= 4 is 22.9 Å². The first kappa shape index (κ1) is 7.91.